The SMILES string of the molecule is NNC(Cc1ccccc1F)c1ccccn1. The average Bonchev–Trinajstić information content (AvgIpc) is 2.39. The van der Waals surface area contributed by atoms with Gasteiger partial charge in [0, 0.05) is 6.20 Å². The van der Waals surface area contributed by atoms with Gasteiger partial charge in [-0.2, -0.15) is 0 Å². The molecule has 0 amide bonds. The summed E-state index contributed by atoms with van der Waals surface area (Å²) in [5.41, 5.74) is 4.09. The van der Waals surface area contributed by atoms with Crippen molar-refractivity contribution >= 4 is 0 Å². The third kappa shape index (κ3) is 2.87. The van der Waals surface area contributed by atoms with Crippen LogP contribution < -0.4 is 11.3 Å². The number of hydrogen-bond acceptors (Lipinski definition) is 3. The van der Waals surface area contributed by atoms with Crippen molar-refractivity contribution in [3.63, 3.8) is 0 Å². The first-order valence-corrected chi connectivity index (χ1v) is 5.41. The molecule has 3 nitrogen and oxygen atoms in total. The number of pyridine rings is 1. The van der Waals surface area contributed by atoms with E-state index in [1.54, 1.807) is 18.3 Å². The zero-order valence-corrected chi connectivity index (χ0v) is 9.31. The number of nitrogens with zero attached hydrogens (tertiary/aromatic N) is 1. The molecule has 1 aromatic heterocycles. The number of benzene rings is 1. The number of hydrogen-bond donors (Lipinski definition) is 2. The van der Waals surface area contributed by atoms with Gasteiger partial charge in [-0.3, -0.25) is 16.3 Å². The third-order valence-corrected chi connectivity index (χ3v) is 2.63. The van der Waals surface area contributed by atoms with Crippen LogP contribution in [0.4, 0.5) is 4.39 Å². The molecule has 2 rings (SSSR count). The first kappa shape index (κ1) is 11.7. The Morgan fingerprint density at radius 2 is 1.94 bits per heavy atom. The number of hydrazine groups is 1. The fourth-order valence-corrected chi connectivity index (χ4v) is 1.71. The summed E-state index contributed by atoms with van der Waals surface area (Å²) in [6.07, 6.45) is 2.17. The minimum atomic E-state index is -0.219. The average molecular weight is 231 g/mol. The molecule has 1 aromatic carbocycles. The number of aromatic nitrogens is 1. The molecule has 0 aliphatic carbocycles. The molecule has 0 radical (unpaired) electrons. The summed E-state index contributed by atoms with van der Waals surface area (Å²) in [4.78, 5) is 4.21. The van der Waals surface area contributed by atoms with Crippen LogP contribution in [-0.2, 0) is 6.42 Å². The molecule has 0 bridgehead atoms. The van der Waals surface area contributed by atoms with Crippen LogP contribution in [0, 0.1) is 5.82 Å². The third-order valence-electron chi connectivity index (χ3n) is 2.63. The van der Waals surface area contributed by atoms with E-state index in [1.165, 1.54) is 6.07 Å². The van der Waals surface area contributed by atoms with Crippen LogP contribution in [0.1, 0.15) is 17.3 Å². The molecule has 1 atom stereocenters. The minimum absolute atomic E-state index is 0.187. The second-order valence-corrected chi connectivity index (χ2v) is 3.77. The Bertz CT molecular complexity index is 473. The maximum absolute atomic E-state index is 13.5. The molecule has 0 aliphatic rings. The summed E-state index contributed by atoms with van der Waals surface area (Å²) < 4.78 is 13.5. The number of rotatable bonds is 4. The molecule has 2 aromatic rings. The Balaban J connectivity index is 2.19. The Kier molecular flexibility index (Phi) is 3.80. The predicted octanol–water partition coefficient (Wildman–Crippen LogP) is 1.97. The van der Waals surface area contributed by atoms with Gasteiger partial charge in [0.15, 0.2) is 0 Å². The van der Waals surface area contributed by atoms with Crippen LogP contribution in [0.15, 0.2) is 48.7 Å². The standard InChI is InChI=1S/C13H14FN3/c14-11-6-2-1-5-10(11)9-13(17-15)12-7-3-4-8-16-12/h1-8,13,17H,9,15H2. The zero-order chi connectivity index (χ0) is 12.1. The molecule has 1 heterocycles. The second kappa shape index (κ2) is 5.52. The van der Waals surface area contributed by atoms with Gasteiger partial charge < -0.3 is 0 Å². The summed E-state index contributed by atoms with van der Waals surface area (Å²) in [6.45, 7) is 0. The lowest BCUT2D eigenvalue weighted by atomic mass is 10.0. The van der Waals surface area contributed by atoms with Crippen molar-refractivity contribution in [3.8, 4) is 0 Å². The Labute approximate surface area is 99.5 Å². The maximum Gasteiger partial charge on any atom is 0.126 e. The van der Waals surface area contributed by atoms with Crippen molar-refractivity contribution in [3.05, 3.63) is 65.7 Å². The van der Waals surface area contributed by atoms with Gasteiger partial charge >= 0.3 is 0 Å². The highest BCUT2D eigenvalue weighted by atomic mass is 19.1. The van der Waals surface area contributed by atoms with E-state index in [4.69, 9.17) is 5.84 Å². The highest BCUT2D eigenvalue weighted by Crippen LogP contribution is 2.17. The molecule has 17 heavy (non-hydrogen) atoms. The van der Waals surface area contributed by atoms with Crippen molar-refractivity contribution in [1.82, 2.24) is 10.4 Å². The molecule has 0 aliphatic heterocycles. The first-order valence-electron chi connectivity index (χ1n) is 5.41. The molecule has 0 saturated heterocycles. The second-order valence-electron chi connectivity index (χ2n) is 3.77. The van der Waals surface area contributed by atoms with Crippen LogP contribution in [0.2, 0.25) is 0 Å². The fraction of sp³-hybridized carbons (Fsp3) is 0.154. The van der Waals surface area contributed by atoms with E-state index in [1.807, 2.05) is 24.3 Å². The van der Waals surface area contributed by atoms with Gasteiger partial charge in [0.25, 0.3) is 0 Å². The molecule has 4 heteroatoms. The van der Waals surface area contributed by atoms with Crippen LogP contribution in [0.25, 0.3) is 0 Å². The van der Waals surface area contributed by atoms with Crippen molar-refractivity contribution in [1.29, 1.82) is 0 Å². The van der Waals surface area contributed by atoms with Crippen molar-refractivity contribution < 1.29 is 4.39 Å². The highest BCUT2D eigenvalue weighted by Gasteiger charge is 2.13. The lowest BCUT2D eigenvalue weighted by molar-refractivity contribution is 0.519. The molecule has 0 saturated carbocycles. The lowest BCUT2D eigenvalue weighted by Crippen LogP contribution is -2.30. The van der Waals surface area contributed by atoms with Crippen LogP contribution in [0.5, 0.6) is 0 Å². The van der Waals surface area contributed by atoms with Crippen molar-refractivity contribution in [2.75, 3.05) is 0 Å². The van der Waals surface area contributed by atoms with E-state index < -0.39 is 0 Å². The number of nitrogens with two attached hydrogens (primary N) is 1. The number of halogens is 1. The van der Waals surface area contributed by atoms with E-state index in [-0.39, 0.29) is 11.9 Å². The summed E-state index contributed by atoms with van der Waals surface area (Å²) in [7, 11) is 0. The van der Waals surface area contributed by atoms with Gasteiger partial charge in [0.05, 0.1) is 11.7 Å². The molecular formula is C13H14FN3. The molecule has 1 unspecified atom stereocenters. The monoisotopic (exact) mass is 231 g/mol. The molecular weight excluding hydrogens is 217 g/mol. The van der Waals surface area contributed by atoms with Gasteiger partial charge in [-0.05, 0) is 30.2 Å². The minimum Gasteiger partial charge on any atom is -0.271 e. The highest BCUT2D eigenvalue weighted by molar-refractivity contribution is 5.21. The van der Waals surface area contributed by atoms with Crippen LogP contribution >= 0.6 is 0 Å². The molecule has 0 spiro atoms. The van der Waals surface area contributed by atoms with Gasteiger partial charge in [-0.25, -0.2) is 4.39 Å². The Morgan fingerprint density at radius 3 is 2.59 bits per heavy atom. The first-order chi connectivity index (χ1) is 8.31. The quantitative estimate of drug-likeness (QED) is 0.624. The van der Waals surface area contributed by atoms with E-state index >= 15 is 0 Å². The van der Waals surface area contributed by atoms with Crippen molar-refractivity contribution in [2.45, 2.75) is 12.5 Å². The van der Waals surface area contributed by atoms with Gasteiger partial charge in [-0.1, -0.05) is 24.3 Å². The normalized spacial score (nSPS) is 12.4. The van der Waals surface area contributed by atoms with E-state index in [0.717, 1.165) is 5.69 Å². The van der Waals surface area contributed by atoms with Gasteiger partial charge in [-0.15, -0.1) is 0 Å². The Morgan fingerprint density at radius 1 is 1.18 bits per heavy atom. The summed E-state index contributed by atoms with van der Waals surface area (Å²) in [5, 5.41) is 0. The maximum atomic E-state index is 13.5. The molecule has 3 N–H and O–H groups in total. The largest absolute Gasteiger partial charge is 0.271 e. The van der Waals surface area contributed by atoms with E-state index in [9.17, 15) is 4.39 Å². The van der Waals surface area contributed by atoms with Crippen LogP contribution in [0.3, 0.4) is 0 Å². The summed E-state index contributed by atoms with van der Waals surface area (Å²) in [5.74, 6) is 5.27. The fourth-order valence-electron chi connectivity index (χ4n) is 1.71. The van der Waals surface area contributed by atoms with Gasteiger partial charge in [0.1, 0.15) is 5.82 Å². The predicted molar refractivity (Wildman–Crippen MR) is 64.4 cm³/mol. The van der Waals surface area contributed by atoms with Gasteiger partial charge in [0.2, 0.25) is 0 Å². The molecule has 0 fully saturated rings. The smallest absolute Gasteiger partial charge is 0.126 e. The molecule has 88 valence electrons. The lowest BCUT2D eigenvalue weighted by Gasteiger charge is -2.15. The topological polar surface area (TPSA) is 50.9 Å². The number of nitrogens with one attached hydrogen (secondary N) is 1. The van der Waals surface area contributed by atoms with E-state index in [2.05, 4.69) is 10.4 Å². The van der Waals surface area contributed by atoms with E-state index in [0.29, 0.717) is 12.0 Å². The van der Waals surface area contributed by atoms with Crippen LogP contribution in [-0.4, -0.2) is 4.98 Å². The summed E-state index contributed by atoms with van der Waals surface area (Å²) >= 11 is 0. The Hall–Kier alpha value is -1.78. The van der Waals surface area contributed by atoms with Crippen molar-refractivity contribution in [2.24, 2.45) is 5.84 Å². The zero-order valence-electron chi connectivity index (χ0n) is 9.31. The summed E-state index contributed by atoms with van der Waals surface area (Å²) in [6, 6.07) is 12.1.